The second-order valence-corrected chi connectivity index (χ2v) is 5.66. The number of esters is 1. The summed E-state index contributed by atoms with van der Waals surface area (Å²) in [5.41, 5.74) is 0.509. The fourth-order valence-electron chi connectivity index (χ4n) is 1.88. The number of ether oxygens (including phenoxy) is 1. The normalized spacial score (nSPS) is 12.4. The lowest BCUT2D eigenvalue weighted by molar-refractivity contribution is -0.134. The monoisotopic (exact) mass is 391 g/mol. The quantitative estimate of drug-likeness (QED) is 0.366. The van der Waals surface area contributed by atoms with Gasteiger partial charge in [0.1, 0.15) is 5.75 Å². The van der Waals surface area contributed by atoms with Gasteiger partial charge in [-0.25, -0.2) is 0 Å². The molecule has 124 valence electrons. The molecule has 1 aliphatic heterocycles. The van der Waals surface area contributed by atoms with Gasteiger partial charge in [0.25, 0.3) is 11.8 Å². The summed E-state index contributed by atoms with van der Waals surface area (Å²) in [6.45, 7) is 1.77. The third kappa shape index (κ3) is 4.06. The van der Waals surface area contributed by atoms with E-state index in [0.717, 1.165) is 4.47 Å². The summed E-state index contributed by atoms with van der Waals surface area (Å²) >= 11 is 3.29. The minimum atomic E-state index is -0.657. The number of hydrogen-bond donors (Lipinski definition) is 1. The number of carbonyl (C=O) groups excluding carboxylic acids is 3. The molecule has 0 aromatic heterocycles. The van der Waals surface area contributed by atoms with Gasteiger partial charge in [0.2, 0.25) is 0 Å². The Bertz CT molecular complexity index is 738. The van der Waals surface area contributed by atoms with Gasteiger partial charge in [-0.15, -0.1) is 5.06 Å². The van der Waals surface area contributed by atoms with Crippen LogP contribution in [0.3, 0.4) is 0 Å². The number of halogens is 1. The fraction of sp³-hybridized carbons (Fsp3) is 0.118. The predicted octanol–water partition coefficient (Wildman–Crippen LogP) is 3.44. The van der Waals surface area contributed by atoms with Crippen molar-refractivity contribution in [1.82, 2.24) is 5.06 Å². The molecule has 3 rings (SSSR count). The maximum atomic E-state index is 11.1. The fourth-order valence-corrected chi connectivity index (χ4v) is 2.15. The van der Waals surface area contributed by atoms with E-state index in [-0.39, 0.29) is 22.2 Å². The summed E-state index contributed by atoms with van der Waals surface area (Å²) in [5.74, 6) is -0.937. The number of benzene rings is 2. The molecule has 2 aromatic carbocycles. The summed E-state index contributed by atoms with van der Waals surface area (Å²) in [6.07, 6.45) is 0.399. The molecule has 6 nitrogen and oxygen atoms in total. The molecule has 24 heavy (non-hydrogen) atoms. The zero-order valence-electron chi connectivity index (χ0n) is 12.7. The highest BCUT2D eigenvalue weighted by atomic mass is 79.9. The van der Waals surface area contributed by atoms with Crippen molar-refractivity contribution in [2.75, 3.05) is 0 Å². The Labute approximate surface area is 146 Å². The van der Waals surface area contributed by atoms with Crippen LogP contribution < -0.4 is 4.74 Å². The van der Waals surface area contributed by atoms with E-state index in [4.69, 9.17) is 9.94 Å². The van der Waals surface area contributed by atoms with E-state index in [0.29, 0.717) is 12.2 Å². The number of imide groups is 1. The lowest BCUT2D eigenvalue weighted by atomic mass is 10.1. The van der Waals surface area contributed by atoms with Gasteiger partial charge in [-0.1, -0.05) is 35.0 Å². The first-order valence-corrected chi connectivity index (χ1v) is 7.86. The van der Waals surface area contributed by atoms with E-state index < -0.39 is 11.8 Å². The molecule has 7 heteroatoms. The lowest BCUT2D eigenvalue weighted by Gasteiger charge is -2.01. The second-order valence-electron chi connectivity index (χ2n) is 4.75. The molecule has 0 unspecified atom stereocenters. The molecule has 0 bridgehead atoms. The van der Waals surface area contributed by atoms with E-state index in [2.05, 4.69) is 15.9 Å². The Kier molecular flexibility index (Phi) is 5.83. The average molecular weight is 392 g/mol. The number of hydroxylamine groups is 2. The summed E-state index contributed by atoms with van der Waals surface area (Å²) in [5, 5.41) is 9.05. The molecular formula is C17H14BrNO5. The lowest BCUT2D eigenvalue weighted by Crippen LogP contribution is -2.25. The van der Waals surface area contributed by atoms with Crippen molar-refractivity contribution < 1.29 is 24.3 Å². The van der Waals surface area contributed by atoms with Crippen LogP contribution in [0.2, 0.25) is 0 Å². The first-order chi connectivity index (χ1) is 11.4. The number of carbonyl (C=O) groups is 3. The summed E-state index contributed by atoms with van der Waals surface area (Å²) in [4.78, 5) is 33.0. The SMILES string of the molecule is CCC(=O)Oc1ccc(Br)cc1.O=C1c2ccccc2C(=O)N1O. The van der Waals surface area contributed by atoms with Crippen molar-refractivity contribution in [3.05, 3.63) is 64.1 Å². The van der Waals surface area contributed by atoms with Crippen molar-refractivity contribution in [1.29, 1.82) is 0 Å². The van der Waals surface area contributed by atoms with Gasteiger partial charge < -0.3 is 4.74 Å². The van der Waals surface area contributed by atoms with Gasteiger partial charge in [-0.05, 0) is 36.4 Å². The van der Waals surface area contributed by atoms with Crippen molar-refractivity contribution >= 4 is 33.7 Å². The molecule has 1 aliphatic rings. The van der Waals surface area contributed by atoms with Gasteiger partial charge in [0, 0.05) is 10.9 Å². The average Bonchev–Trinajstić information content (AvgIpc) is 2.82. The van der Waals surface area contributed by atoms with Crippen LogP contribution in [-0.4, -0.2) is 28.1 Å². The van der Waals surface area contributed by atoms with Crippen LogP contribution in [0.15, 0.2) is 53.0 Å². The topological polar surface area (TPSA) is 83.9 Å². The third-order valence-corrected chi connectivity index (χ3v) is 3.64. The van der Waals surface area contributed by atoms with Crippen LogP contribution in [0.4, 0.5) is 0 Å². The third-order valence-electron chi connectivity index (χ3n) is 3.11. The molecule has 0 radical (unpaired) electrons. The van der Waals surface area contributed by atoms with E-state index in [1.54, 1.807) is 31.2 Å². The van der Waals surface area contributed by atoms with E-state index in [1.807, 2.05) is 12.1 Å². The van der Waals surface area contributed by atoms with Gasteiger partial charge in [-0.3, -0.25) is 19.6 Å². The largest absolute Gasteiger partial charge is 0.427 e. The van der Waals surface area contributed by atoms with Crippen molar-refractivity contribution in [3.8, 4) is 5.75 Å². The zero-order chi connectivity index (χ0) is 17.7. The molecule has 1 heterocycles. The van der Waals surface area contributed by atoms with Crippen LogP contribution in [0.25, 0.3) is 0 Å². The van der Waals surface area contributed by atoms with E-state index in [9.17, 15) is 14.4 Å². The number of amides is 2. The smallest absolute Gasteiger partial charge is 0.310 e. The summed E-state index contributed by atoms with van der Waals surface area (Å²) in [6, 6.07) is 13.5. The minimum Gasteiger partial charge on any atom is -0.427 e. The number of rotatable bonds is 2. The Morgan fingerprint density at radius 3 is 2.00 bits per heavy atom. The summed E-state index contributed by atoms with van der Waals surface area (Å²) in [7, 11) is 0. The van der Waals surface area contributed by atoms with E-state index in [1.165, 1.54) is 12.1 Å². The maximum absolute atomic E-state index is 11.1. The van der Waals surface area contributed by atoms with Crippen LogP contribution >= 0.6 is 15.9 Å². The molecule has 0 saturated carbocycles. The molecule has 0 fully saturated rings. The van der Waals surface area contributed by atoms with Crippen LogP contribution in [0, 0.1) is 0 Å². The molecular weight excluding hydrogens is 378 g/mol. The predicted molar refractivity (Wildman–Crippen MR) is 88.8 cm³/mol. The highest BCUT2D eigenvalue weighted by molar-refractivity contribution is 9.10. The maximum Gasteiger partial charge on any atom is 0.310 e. The first-order valence-electron chi connectivity index (χ1n) is 7.07. The molecule has 0 atom stereocenters. The highest BCUT2D eigenvalue weighted by Gasteiger charge is 2.33. The van der Waals surface area contributed by atoms with E-state index >= 15 is 0 Å². The highest BCUT2D eigenvalue weighted by Crippen LogP contribution is 2.20. The molecule has 2 amide bonds. The molecule has 0 spiro atoms. The van der Waals surface area contributed by atoms with Crippen molar-refractivity contribution in [2.45, 2.75) is 13.3 Å². The first kappa shape index (κ1) is 17.8. The Balaban J connectivity index is 0.000000174. The van der Waals surface area contributed by atoms with Crippen LogP contribution in [0.1, 0.15) is 34.1 Å². The van der Waals surface area contributed by atoms with Crippen molar-refractivity contribution in [3.63, 3.8) is 0 Å². The van der Waals surface area contributed by atoms with Crippen molar-refractivity contribution in [2.24, 2.45) is 0 Å². The van der Waals surface area contributed by atoms with Gasteiger partial charge in [-0.2, -0.15) is 0 Å². The molecule has 1 N–H and O–H groups in total. The minimum absolute atomic E-state index is 0.130. The number of nitrogens with zero attached hydrogens (tertiary/aromatic N) is 1. The Morgan fingerprint density at radius 1 is 1.04 bits per heavy atom. The standard InChI is InChI=1S/C9H9BrO2.C8H5NO3/c1-2-9(11)12-8-5-3-7(10)4-6-8;10-7-5-3-1-2-4-6(5)8(11)9(7)12/h3-6H,2H2,1H3;1-4,12H. The number of fused-ring (bicyclic) bond motifs is 1. The van der Waals surface area contributed by atoms with Crippen LogP contribution in [0.5, 0.6) is 5.75 Å². The molecule has 0 aliphatic carbocycles. The number of hydrogen-bond acceptors (Lipinski definition) is 5. The Hall–Kier alpha value is -2.51. The molecule has 0 saturated heterocycles. The van der Waals surface area contributed by atoms with Gasteiger partial charge >= 0.3 is 5.97 Å². The Morgan fingerprint density at radius 2 is 1.54 bits per heavy atom. The molecule has 2 aromatic rings. The van der Waals surface area contributed by atoms with Crippen LogP contribution in [-0.2, 0) is 4.79 Å². The van der Waals surface area contributed by atoms with Gasteiger partial charge in [0.15, 0.2) is 0 Å². The second kappa shape index (κ2) is 7.85. The van der Waals surface area contributed by atoms with Gasteiger partial charge in [0.05, 0.1) is 11.1 Å². The summed E-state index contributed by atoms with van der Waals surface area (Å²) < 4.78 is 5.93. The zero-order valence-corrected chi connectivity index (χ0v) is 14.3.